The van der Waals surface area contributed by atoms with Gasteiger partial charge in [0.15, 0.2) is 10.6 Å². The first-order valence-corrected chi connectivity index (χ1v) is 7.86. The molecule has 3 rings (SSSR count). The van der Waals surface area contributed by atoms with Gasteiger partial charge in [-0.1, -0.05) is 11.8 Å². The first-order valence-electron chi connectivity index (χ1n) is 7.05. The van der Waals surface area contributed by atoms with Crippen LogP contribution >= 0.6 is 11.8 Å². The smallest absolute Gasteiger partial charge is 0.328 e. The third kappa shape index (κ3) is 2.19. The van der Waals surface area contributed by atoms with E-state index >= 15 is 0 Å². The SMILES string of the molecule is CCOC(=O)C12CCCC1=Nc1c(ncnc1N(C)C)S2. The van der Waals surface area contributed by atoms with Crippen LogP contribution in [0.25, 0.3) is 0 Å². The van der Waals surface area contributed by atoms with E-state index < -0.39 is 4.75 Å². The number of carbonyl (C=O) groups is 1. The van der Waals surface area contributed by atoms with Gasteiger partial charge in [0.2, 0.25) is 0 Å². The fourth-order valence-electron chi connectivity index (χ4n) is 2.77. The summed E-state index contributed by atoms with van der Waals surface area (Å²) in [5.41, 5.74) is 1.67. The van der Waals surface area contributed by atoms with Crippen LogP contribution in [0.2, 0.25) is 0 Å². The summed E-state index contributed by atoms with van der Waals surface area (Å²) in [6, 6.07) is 0. The molecule has 1 aromatic rings. The minimum absolute atomic E-state index is 0.193. The third-order valence-electron chi connectivity index (χ3n) is 3.72. The highest BCUT2D eigenvalue weighted by Gasteiger charge is 2.52. The van der Waals surface area contributed by atoms with Gasteiger partial charge in [0, 0.05) is 19.8 Å². The van der Waals surface area contributed by atoms with Crippen molar-refractivity contribution in [2.45, 2.75) is 36.0 Å². The maximum Gasteiger partial charge on any atom is 0.328 e. The van der Waals surface area contributed by atoms with E-state index in [0.717, 1.165) is 41.5 Å². The van der Waals surface area contributed by atoms with Crippen molar-refractivity contribution in [1.82, 2.24) is 9.97 Å². The van der Waals surface area contributed by atoms with E-state index in [2.05, 4.69) is 9.97 Å². The first-order chi connectivity index (χ1) is 10.1. The van der Waals surface area contributed by atoms with Crippen LogP contribution < -0.4 is 4.90 Å². The van der Waals surface area contributed by atoms with Gasteiger partial charge in [0.1, 0.15) is 17.0 Å². The fraction of sp³-hybridized carbons (Fsp3) is 0.571. The average molecular weight is 306 g/mol. The summed E-state index contributed by atoms with van der Waals surface area (Å²) in [5, 5.41) is 0.757. The fourth-order valence-corrected chi connectivity index (χ4v) is 4.09. The molecule has 1 unspecified atom stereocenters. The lowest BCUT2D eigenvalue weighted by atomic mass is 10.1. The standard InChI is InChI=1S/C14H18N4O2S/c1-4-20-13(19)14-7-5-6-9(14)17-10-11(18(2)3)15-8-16-12(10)21-14/h8H,4-7H2,1-3H3. The van der Waals surface area contributed by atoms with Crippen LogP contribution in [0.4, 0.5) is 11.5 Å². The largest absolute Gasteiger partial charge is 0.465 e. The number of anilines is 1. The molecule has 7 heteroatoms. The number of fused-ring (bicyclic) bond motifs is 2. The Kier molecular flexibility index (Phi) is 3.61. The summed E-state index contributed by atoms with van der Waals surface area (Å²) < 4.78 is 4.60. The van der Waals surface area contributed by atoms with Crippen molar-refractivity contribution in [2.75, 3.05) is 25.6 Å². The molecule has 1 aliphatic carbocycles. The molecule has 0 N–H and O–H groups in total. The molecule has 0 aromatic carbocycles. The Morgan fingerprint density at radius 3 is 3.00 bits per heavy atom. The Morgan fingerprint density at radius 1 is 1.48 bits per heavy atom. The molecule has 6 nitrogen and oxygen atoms in total. The van der Waals surface area contributed by atoms with Crippen LogP contribution in [-0.4, -0.2) is 47.1 Å². The van der Waals surface area contributed by atoms with E-state index in [1.54, 1.807) is 0 Å². The predicted molar refractivity (Wildman–Crippen MR) is 82.5 cm³/mol. The molecule has 2 heterocycles. The van der Waals surface area contributed by atoms with Crippen molar-refractivity contribution in [2.24, 2.45) is 4.99 Å². The second-order valence-electron chi connectivity index (χ2n) is 5.31. The van der Waals surface area contributed by atoms with Gasteiger partial charge in [-0.15, -0.1) is 0 Å². The van der Waals surface area contributed by atoms with Crippen molar-refractivity contribution >= 4 is 34.9 Å². The zero-order valence-electron chi connectivity index (χ0n) is 12.4. The lowest BCUT2D eigenvalue weighted by Gasteiger charge is -2.30. The van der Waals surface area contributed by atoms with Gasteiger partial charge >= 0.3 is 5.97 Å². The van der Waals surface area contributed by atoms with Gasteiger partial charge < -0.3 is 9.64 Å². The molecular formula is C14H18N4O2S. The van der Waals surface area contributed by atoms with E-state index in [0.29, 0.717) is 6.61 Å². The Hall–Kier alpha value is -1.63. The highest BCUT2D eigenvalue weighted by Crippen LogP contribution is 2.52. The van der Waals surface area contributed by atoms with Crippen molar-refractivity contribution < 1.29 is 9.53 Å². The zero-order valence-corrected chi connectivity index (χ0v) is 13.2. The number of aromatic nitrogens is 2. The summed E-state index contributed by atoms with van der Waals surface area (Å²) in [7, 11) is 3.85. The summed E-state index contributed by atoms with van der Waals surface area (Å²) in [6.07, 6.45) is 4.06. The maximum absolute atomic E-state index is 12.5. The molecular weight excluding hydrogens is 288 g/mol. The molecule has 1 aromatic heterocycles. The van der Waals surface area contributed by atoms with Gasteiger partial charge in [0.05, 0.1) is 6.61 Å². The van der Waals surface area contributed by atoms with Crippen molar-refractivity contribution in [1.29, 1.82) is 0 Å². The quantitative estimate of drug-likeness (QED) is 0.630. The zero-order chi connectivity index (χ0) is 15.0. The molecule has 1 atom stereocenters. The maximum atomic E-state index is 12.5. The van der Waals surface area contributed by atoms with E-state index in [4.69, 9.17) is 9.73 Å². The Morgan fingerprint density at radius 2 is 2.29 bits per heavy atom. The molecule has 2 aliphatic rings. The minimum atomic E-state index is -0.680. The third-order valence-corrected chi connectivity index (χ3v) is 5.17. The highest BCUT2D eigenvalue weighted by molar-refractivity contribution is 8.02. The average Bonchev–Trinajstić information content (AvgIpc) is 2.88. The number of rotatable bonds is 3. The summed E-state index contributed by atoms with van der Waals surface area (Å²) in [5.74, 6) is 0.589. The Balaban J connectivity index is 2.08. The number of carbonyl (C=O) groups excluding carboxylic acids is 1. The molecule has 0 radical (unpaired) electrons. The summed E-state index contributed by atoms with van der Waals surface area (Å²) >= 11 is 1.47. The topological polar surface area (TPSA) is 67.7 Å². The van der Waals surface area contributed by atoms with Crippen LogP contribution in [0.5, 0.6) is 0 Å². The van der Waals surface area contributed by atoms with Gasteiger partial charge in [-0.2, -0.15) is 0 Å². The number of thioether (sulfide) groups is 1. The van der Waals surface area contributed by atoms with Crippen LogP contribution in [0.15, 0.2) is 16.3 Å². The summed E-state index contributed by atoms with van der Waals surface area (Å²) in [6.45, 7) is 2.21. The minimum Gasteiger partial charge on any atom is -0.465 e. The molecule has 0 bridgehead atoms. The lowest BCUT2D eigenvalue weighted by molar-refractivity contribution is -0.144. The molecule has 0 spiro atoms. The van der Waals surface area contributed by atoms with Gasteiger partial charge in [0.25, 0.3) is 0 Å². The van der Waals surface area contributed by atoms with E-state index in [9.17, 15) is 4.79 Å². The lowest BCUT2D eigenvalue weighted by Crippen LogP contribution is -2.42. The molecule has 0 saturated heterocycles. The molecule has 112 valence electrons. The van der Waals surface area contributed by atoms with Crippen molar-refractivity contribution in [3.8, 4) is 0 Å². The number of hydrogen-bond acceptors (Lipinski definition) is 7. The first kappa shape index (κ1) is 14.3. The van der Waals surface area contributed by atoms with E-state index in [-0.39, 0.29) is 5.97 Å². The number of ether oxygens (including phenoxy) is 1. The monoisotopic (exact) mass is 306 g/mol. The van der Waals surface area contributed by atoms with Crippen LogP contribution in [0.3, 0.4) is 0 Å². The number of aliphatic imine (C=N–C) groups is 1. The van der Waals surface area contributed by atoms with Crippen LogP contribution in [0, 0.1) is 0 Å². The second kappa shape index (κ2) is 5.29. The van der Waals surface area contributed by atoms with Crippen molar-refractivity contribution in [3.05, 3.63) is 6.33 Å². The summed E-state index contributed by atoms with van der Waals surface area (Å²) in [4.78, 5) is 27.7. The Bertz CT molecular complexity index is 617. The molecule has 1 aliphatic heterocycles. The van der Waals surface area contributed by atoms with E-state index in [1.807, 2.05) is 25.9 Å². The Labute approximate surface area is 128 Å². The van der Waals surface area contributed by atoms with E-state index in [1.165, 1.54) is 18.1 Å². The van der Waals surface area contributed by atoms with Gasteiger partial charge in [-0.25, -0.2) is 15.0 Å². The molecule has 21 heavy (non-hydrogen) atoms. The second-order valence-corrected chi connectivity index (χ2v) is 6.59. The van der Waals surface area contributed by atoms with Gasteiger partial charge in [-0.05, 0) is 26.2 Å². The number of esters is 1. The van der Waals surface area contributed by atoms with Crippen LogP contribution in [-0.2, 0) is 9.53 Å². The van der Waals surface area contributed by atoms with Crippen LogP contribution in [0.1, 0.15) is 26.2 Å². The van der Waals surface area contributed by atoms with Gasteiger partial charge in [-0.3, -0.25) is 4.79 Å². The predicted octanol–water partition coefficient (Wildman–Crippen LogP) is 2.21. The normalized spacial score (nSPS) is 23.1. The van der Waals surface area contributed by atoms with Crippen molar-refractivity contribution in [3.63, 3.8) is 0 Å². The molecule has 1 fully saturated rings. The highest BCUT2D eigenvalue weighted by atomic mass is 32.2. The molecule has 0 amide bonds. The molecule has 1 saturated carbocycles. The number of nitrogens with zero attached hydrogens (tertiary/aromatic N) is 4. The number of hydrogen-bond donors (Lipinski definition) is 0.